The molecule has 4 heterocycles. The van der Waals surface area contributed by atoms with Gasteiger partial charge in [0.1, 0.15) is 28.2 Å². The molecule has 15 heteroatoms. The lowest BCUT2D eigenvalue weighted by Crippen LogP contribution is -2.41. The number of rotatable bonds is 6. The van der Waals surface area contributed by atoms with Gasteiger partial charge in [-0.3, -0.25) is 4.90 Å². The molecule has 1 saturated carbocycles. The molecular weight excluding hydrogens is 601 g/mol. The molecule has 3 aromatic rings. The lowest BCUT2D eigenvalue weighted by Gasteiger charge is -2.30. The van der Waals surface area contributed by atoms with Gasteiger partial charge in [-0.1, -0.05) is 0 Å². The fourth-order valence-electron chi connectivity index (χ4n) is 5.87. The maximum atomic E-state index is 16.6. The smallest absolute Gasteiger partial charge is 0.417 e. The quantitative estimate of drug-likeness (QED) is 0.263. The molecule has 6 rings (SSSR count). The summed E-state index contributed by atoms with van der Waals surface area (Å²) in [6, 6.07) is 0.607. The van der Waals surface area contributed by atoms with Crippen LogP contribution in [0.1, 0.15) is 37.3 Å². The van der Waals surface area contributed by atoms with Gasteiger partial charge in [0.05, 0.1) is 37.2 Å². The lowest BCUT2D eigenvalue weighted by atomic mass is 9.96. The number of anilines is 2. The number of pyridine rings is 1. The Morgan fingerprint density at radius 3 is 2.56 bits per heavy atom. The van der Waals surface area contributed by atoms with Crippen molar-refractivity contribution in [2.75, 3.05) is 70.1 Å². The van der Waals surface area contributed by atoms with Crippen LogP contribution < -0.4 is 25.8 Å². The summed E-state index contributed by atoms with van der Waals surface area (Å²) in [6.45, 7) is 8.34. The number of nitrogens with two attached hydrogens (primary N) is 1. The zero-order valence-electron chi connectivity index (χ0n) is 25.1. The average molecular weight is 638 g/mol. The summed E-state index contributed by atoms with van der Waals surface area (Å²) in [6.07, 6.45) is -3.07. The van der Waals surface area contributed by atoms with E-state index in [-0.39, 0.29) is 40.6 Å². The topological polar surface area (TPSA) is 120 Å². The highest BCUT2D eigenvalue weighted by Crippen LogP contribution is 2.47. The molecule has 0 spiro atoms. The highest BCUT2D eigenvalue weighted by Gasteiger charge is 2.45. The second-order valence-corrected chi connectivity index (χ2v) is 12.1. The molecule has 244 valence electrons. The molecule has 2 fully saturated rings. The summed E-state index contributed by atoms with van der Waals surface area (Å²) < 4.78 is 91.8. The Labute approximate surface area is 256 Å². The standard InChI is InChI=1S/C30H36F5N7O3/c1-16-3-6-37-7-8-38-26-20-25(40-28(41-26)44-15-29(4-5-29)14-42-9-11-43-12-10-42)23(32)24(39-27(20)45-16)18-13-19(36)22(31)17(2)21(18)30(33,34)35/h13,16,37H,3-12,14-15,36H2,1-2H3,(H,38,40,41). The van der Waals surface area contributed by atoms with Crippen molar-refractivity contribution in [3.05, 3.63) is 28.8 Å². The van der Waals surface area contributed by atoms with Crippen LogP contribution in [0, 0.1) is 24.0 Å². The monoisotopic (exact) mass is 637 g/mol. The minimum absolute atomic E-state index is 0.0622. The number of halogens is 5. The number of nitrogens with zero attached hydrogens (tertiary/aromatic N) is 4. The maximum absolute atomic E-state index is 16.6. The minimum Gasteiger partial charge on any atom is -0.474 e. The van der Waals surface area contributed by atoms with Crippen molar-refractivity contribution in [2.45, 2.75) is 45.4 Å². The molecule has 4 N–H and O–H groups in total. The molecule has 1 unspecified atom stereocenters. The van der Waals surface area contributed by atoms with E-state index >= 15 is 4.39 Å². The Hall–Kier alpha value is -3.56. The molecule has 2 aliphatic heterocycles. The first-order chi connectivity index (χ1) is 21.5. The van der Waals surface area contributed by atoms with Crippen molar-refractivity contribution < 1.29 is 36.2 Å². The normalized spacial score (nSPS) is 20.6. The summed E-state index contributed by atoms with van der Waals surface area (Å²) in [4.78, 5) is 15.5. The van der Waals surface area contributed by atoms with Gasteiger partial charge in [0, 0.05) is 43.7 Å². The second kappa shape index (κ2) is 12.3. The van der Waals surface area contributed by atoms with Gasteiger partial charge in [-0.05, 0) is 51.3 Å². The number of benzene rings is 1. The summed E-state index contributed by atoms with van der Waals surface area (Å²) >= 11 is 0. The van der Waals surface area contributed by atoms with E-state index in [9.17, 15) is 17.6 Å². The van der Waals surface area contributed by atoms with Crippen LogP contribution in [0.5, 0.6) is 11.9 Å². The van der Waals surface area contributed by atoms with Crippen molar-refractivity contribution in [3.8, 4) is 23.1 Å². The highest BCUT2D eigenvalue weighted by atomic mass is 19.4. The Kier molecular flexibility index (Phi) is 8.61. The van der Waals surface area contributed by atoms with Crippen LogP contribution in [0.25, 0.3) is 22.2 Å². The third-order valence-electron chi connectivity index (χ3n) is 8.56. The van der Waals surface area contributed by atoms with Crippen LogP contribution in [0.15, 0.2) is 6.07 Å². The van der Waals surface area contributed by atoms with Crippen LogP contribution >= 0.6 is 0 Å². The Bertz CT molecular complexity index is 1580. The predicted molar refractivity (Wildman–Crippen MR) is 157 cm³/mol. The van der Waals surface area contributed by atoms with Crippen LogP contribution in [0.2, 0.25) is 0 Å². The number of morpholine rings is 1. The molecule has 1 saturated heterocycles. The van der Waals surface area contributed by atoms with Crippen LogP contribution in [-0.4, -0.2) is 85.0 Å². The van der Waals surface area contributed by atoms with Crippen molar-refractivity contribution in [1.82, 2.24) is 25.2 Å². The summed E-state index contributed by atoms with van der Waals surface area (Å²) in [5.74, 6) is -2.40. The van der Waals surface area contributed by atoms with E-state index in [1.165, 1.54) is 0 Å². The summed E-state index contributed by atoms with van der Waals surface area (Å²) in [5.41, 5.74) is 1.12. The third kappa shape index (κ3) is 6.56. The number of nitrogens with one attached hydrogen (secondary N) is 2. The average Bonchev–Trinajstić information content (AvgIpc) is 3.76. The lowest BCUT2D eigenvalue weighted by molar-refractivity contribution is -0.137. The van der Waals surface area contributed by atoms with Gasteiger partial charge in [-0.15, -0.1) is 0 Å². The van der Waals surface area contributed by atoms with Crippen LogP contribution in [0.4, 0.5) is 33.5 Å². The Morgan fingerprint density at radius 2 is 1.84 bits per heavy atom. The Morgan fingerprint density at radius 1 is 1.09 bits per heavy atom. The van der Waals surface area contributed by atoms with E-state index in [1.54, 1.807) is 6.92 Å². The zero-order chi connectivity index (χ0) is 31.9. The van der Waals surface area contributed by atoms with Crippen molar-refractivity contribution in [1.29, 1.82) is 0 Å². The largest absolute Gasteiger partial charge is 0.474 e. The number of aromatic nitrogens is 3. The second-order valence-electron chi connectivity index (χ2n) is 12.1. The molecule has 1 aliphatic carbocycles. The third-order valence-corrected chi connectivity index (χ3v) is 8.56. The van der Waals surface area contributed by atoms with Gasteiger partial charge in [0.25, 0.3) is 0 Å². The minimum atomic E-state index is -5.04. The molecular formula is C30H36F5N7O3. The van der Waals surface area contributed by atoms with Gasteiger partial charge in [-0.2, -0.15) is 23.1 Å². The fraction of sp³-hybridized carbons (Fsp3) is 0.567. The number of hydrogen-bond donors (Lipinski definition) is 3. The SMILES string of the molecule is Cc1c(F)c(N)cc(-c2nc3c4c(nc(OCC5(CN6CCOCC6)CC5)nc4c2F)NCCNCCC(C)O3)c1C(F)(F)F. The van der Waals surface area contributed by atoms with E-state index < -0.39 is 52.0 Å². The molecule has 2 aromatic heterocycles. The molecule has 0 amide bonds. The summed E-state index contributed by atoms with van der Waals surface area (Å²) in [5, 5.41) is 6.49. The molecule has 0 bridgehead atoms. The van der Waals surface area contributed by atoms with E-state index in [0.717, 1.165) is 45.5 Å². The van der Waals surface area contributed by atoms with Crippen molar-refractivity contribution >= 4 is 22.4 Å². The first kappa shape index (κ1) is 31.4. The number of nitrogen functional groups attached to an aromatic ring is 1. The number of alkyl halides is 3. The van der Waals surface area contributed by atoms with E-state index in [1.807, 2.05) is 0 Å². The zero-order valence-corrected chi connectivity index (χ0v) is 25.1. The predicted octanol–water partition coefficient (Wildman–Crippen LogP) is 4.54. The van der Waals surface area contributed by atoms with Crippen LogP contribution in [-0.2, 0) is 10.9 Å². The fourth-order valence-corrected chi connectivity index (χ4v) is 5.87. The highest BCUT2D eigenvalue weighted by molar-refractivity contribution is 5.96. The molecule has 1 aromatic carbocycles. The van der Waals surface area contributed by atoms with Gasteiger partial charge in [-0.25, -0.2) is 13.8 Å². The molecule has 0 radical (unpaired) electrons. The van der Waals surface area contributed by atoms with Crippen molar-refractivity contribution in [2.24, 2.45) is 5.41 Å². The number of ether oxygens (including phenoxy) is 3. The molecule has 3 aliphatic rings. The van der Waals surface area contributed by atoms with E-state index in [2.05, 4.69) is 30.5 Å². The number of hydrogen-bond acceptors (Lipinski definition) is 10. The van der Waals surface area contributed by atoms with E-state index in [0.29, 0.717) is 39.3 Å². The first-order valence-corrected chi connectivity index (χ1v) is 15.1. The maximum Gasteiger partial charge on any atom is 0.417 e. The van der Waals surface area contributed by atoms with Gasteiger partial charge in [0.15, 0.2) is 5.82 Å². The molecule has 1 atom stereocenters. The summed E-state index contributed by atoms with van der Waals surface area (Å²) in [7, 11) is 0. The molecule has 10 nitrogen and oxygen atoms in total. The van der Waals surface area contributed by atoms with Crippen molar-refractivity contribution in [3.63, 3.8) is 0 Å². The first-order valence-electron chi connectivity index (χ1n) is 15.1. The van der Waals surface area contributed by atoms with Gasteiger partial charge < -0.3 is 30.6 Å². The van der Waals surface area contributed by atoms with E-state index in [4.69, 9.17) is 19.9 Å². The van der Waals surface area contributed by atoms with Crippen LogP contribution in [0.3, 0.4) is 0 Å². The Balaban J connectivity index is 1.48. The van der Waals surface area contributed by atoms with Gasteiger partial charge in [0.2, 0.25) is 5.88 Å². The van der Waals surface area contributed by atoms with Gasteiger partial charge >= 0.3 is 12.2 Å². The molecule has 45 heavy (non-hydrogen) atoms.